The van der Waals surface area contributed by atoms with Crippen LogP contribution in [-0.2, 0) is 6.42 Å². The van der Waals surface area contributed by atoms with Crippen LogP contribution in [0.1, 0.15) is 5.56 Å². The van der Waals surface area contributed by atoms with Gasteiger partial charge in [0, 0.05) is 22.9 Å². The molecule has 2 aromatic rings. The zero-order chi connectivity index (χ0) is 11.2. The van der Waals surface area contributed by atoms with Gasteiger partial charge in [-0.1, -0.05) is 24.3 Å². The topological polar surface area (TPSA) is 37.6 Å². The molecule has 0 saturated heterocycles. The van der Waals surface area contributed by atoms with Crippen LogP contribution < -0.4 is 10.8 Å². The Morgan fingerprint density at radius 2 is 2.06 bits per heavy atom. The fourth-order valence-corrected chi connectivity index (χ4v) is 2.43. The molecule has 2 aliphatic rings. The molecular weight excluding hydrogens is 210 g/mol. The van der Waals surface area contributed by atoms with Crippen LogP contribution in [0.2, 0.25) is 0 Å². The van der Waals surface area contributed by atoms with Crippen molar-refractivity contribution in [3.63, 3.8) is 0 Å². The molecule has 0 N–H and O–H groups in total. The summed E-state index contributed by atoms with van der Waals surface area (Å²) in [6.45, 7) is 0. The van der Waals surface area contributed by atoms with Gasteiger partial charge in [0.25, 0.3) is 0 Å². The Bertz CT molecular complexity index is 773. The van der Waals surface area contributed by atoms with Crippen molar-refractivity contribution in [3.05, 3.63) is 59.1 Å². The average molecular weight is 219 g/mol. The summed E-state index contributed by atoms with van der Waals surface area (Å²) >= 11 is 0. The summed E-state index contributed by atoms with van der Waals surface area (Å²) in [5.41, 5.74) is 5.47. The monoisotopic (exact) mass is 219 g/mol. The van der Waals surface area contributed by atoms with E-state index in [2.05, 4.69) is 27.1 Å². The molecule has 1 aromatic heterocycles. The minimum atomic E-state index is 0.832. The van der Waals surface area contributed by atoms with Crippen molar-refractivity contribution < 1.29 is 0 Å². The maximum Gasteiger partial charge on any atom is 0.156 e. The van der Waals surface area contributed by atoms with Gasteiger partial charge >= 0.3 is 0 Å². The minimum absolute atomic E-state index is 0.832. The van der Waals surface area contributed by atoms with Crippen molar-refractivity contribution >= 4 is 5.69 Å². The first-order valence-electron chi connectivity index (χ1n) is 5.62. The van der Waals surface area contributed by atoms with Crippen LogP contribution in [-0.4, -0.2) is 4.98 Å². The van der Waals surface area contributed by atoms with Gasteiger partial charge in [-0.3, -0.25) is 0 Å². The Kier molecular flexibility index (Phi) is 1.61. The van der Waals surface area contributed by atoms with E-state index in [0.717, 1.165) is 23.0 Å². The summed E-state index contributed by atoms with van der Waals surface area (Å²) < 4.78 is 0. The van der Waals surface area contributed by atoms with Crippen LogP contribution in [0, 0.1) is 0 Å². The lowest BCUT2D eigenvalue weighted by Gasteiger charge is -2.07. The van der Waals surface area contributed by atoms with Gasteiger partial charge in [-0.15, -0.1) is 0 Å². The van der Waals surface area contributed by atoms with Crippen molar-refractivity contribution in [2.45, 2.75) is 6.42 Å². The van der Waals surface area contributed by atoms with Crippen LogP contribution >= 0.6 is 0 Å². The lowest BCUT2D eigenvalue weighted by Crippen LogP contribution is -2.22. The van der Waals surface area contributed by atoms with E-state index >= 15 is 0 Å². The highest BCUT2D eigenvalue weighted by molar-refractivity contribution is 5.81. The Morgan fingerprint density at radius 1 is 1.12 bits per heavy atom. The number of hydrogen-bond acceptors (Lipinski definition) is 3. The SMILES string of the molecule is C1=CN=c2ncc3c(c2C1)-c1ccccc1N=3. The Hall–Kier alpha value is -2.29. The molecule has 1 aromatic carbocycles. The molecule has 17 heavy (non-hydrogen) atoms. The normalized spacial score (nSPS) is 14.4. The van der Waals surface area contributed by atoms with E-state index in [1.807, 2.05) is 30.6 Å². The fourth-order valence-electron chi connectivity index (χ4n) is 2.43. The second kappa shape index (κ2) is 3.10. The summed E-state index contributed by atoms with van der Waals surface area (Å²) in [6.07, 6.45) is 6.58. The first kappa shape index (κ1) is 8.82. The van der Waals surface area contributed by atoms with Crippen LogP contribution in [0.5, 0.6) is 0 Å². The number of aromatic nitrogens is 1. The van der Waals surface area contributed by atoms with E-state index in [0.29, 0.717) is 0 Å². The lowest BCUT2D eigenvalue weighted by atomic mass is 9.99. The Labute approximate surface area is 97.9 Å². The molecule has 4 rings (SSSR count). The standard InChI is InChI=1S/C14H9N3/c1-2-6-11-9(4-1)13-10-5-3-7-15-14(10)16-8-12(13)17-11/h1-4,6-8H,5H2. The molecule has 0 unspecified atom stereocenters. The highest BCUT2D eigenvalue weighted by Crippen LogP contribution is 2.33. The zero-order valence-corrected chi connectivity index (χ0v) is 9.09. The molecule has 3 heteroatoms. The van der Waals surface area contributed by atoms with Gasteiger partial charge in [0.15, 0.2) is 5.49 Å². The second-order valence-corrected chi connectivity index (χ2v) is 4.17. The Morgan fingerprint density at radius 3 is 3.06 bits per heavy atom. The predicted molar refractivity (Wildman–Crippen MR) is 64.5 cm³/mol. The molecule has 0 amide bonds. The van der Waals surface area contributed by atoms with Crippen molar-refractivity contribution in [2.75, 3.05) is 0 Å². The van der Waals surface area contributed by atoms with Crippen molar-refractivity contribution in [1.29, 1.82) is 0 Å². The molecular formula is C14H9N3. The smallest absolute Gasteiger partial charge is 0.156 e. The minimum Gasteiger partial charge on any atom is -0.246 e. The van der Waals surface area contributed by atoms with Crippen molar-refractivity contribution in [3.8, 4) is 11.1 Å². The number of hydrogen-bond donors (Lipinski definition) is 0. The van der Waals surface area contributed by atoms with Gasteiger partial charge < -0.3 is 0 Å². The summed E-state index contributed by atoms with van der Waals surface area (Å²) in [4.78, 5) is 13.3. The molecule has 3 nitrogen and oxygen atoms in total. The van der Waals surface area contributed by atoms with E-state index < -0.39 is 0 Å². The molecule has 0 spiro atoms. The first-order chi connectivity index (χ1) is 8.43. The van der Waals surface area contributed by atoms with Gasteiger partial charge in [-0.05, 0) is 12.5 Å². The van der Waals surface area contributed by atoms with Gasteiger partial charge in [0.1, 0.15) is 0 Å². The van der Waals surface area contributed by atoms with Crippen LogP contribution in [0.3, 0.4) is 0 Å². The van der Waals surface area contributed by atoms with E-state index in [-0.39, 0.29) is 0 Å². The summed E-state index contributed by atoms with van der Waals surface area (Å²) in [5.74, 6) is 0. The molecule has 0 fully saturated rings. The first-order valence-corrected chi connectivity index (χ1v) is 5.62. The number of pyridine rings is 1. The third kappa shape index (κ3) is 1.13. The molecule has 0 atom stereocenters. The predicted octanol–water partition coefficient (Wildman–Crippen LogP) is 1.70. The molecule has 0 saturated carbocycles. The highest BCUT2D eigenvalue weighted by Gasteiger charge is 2.18. The van der Waals surface area contributed by atoms with Gasteiger partial charge in [-0.25, -0.2) is 15.0 Å². The van der Waals surface area contributed by atoms with Crippen molar-refractivity contribution in [1.82, 2.24) is 4.98 Å². The number of allylic oxidation sites excluding steroid dienone is 1. The number of nitrogens with zero attached hydrogens (tertiary/aromatic N) is 3. The van der Waals surface area contributed by atoms with Gasteiger partial charge in [0.2, 0.25) is 0 Å². The highest BCUT2D eigenvalue weighted by atomic mass is 14.9. The number of fused-ring (bicyclic) bond motifs is 5. The summed E-state index contributed by atoms with van der Waals surface area (Å²) in [7, 11) is 0. The van der Waals surface area contributed by atoms with Crippen LogP contribution in [0.4, 0.5) is 5.69 Å². The fraction of sp³-hybridized carbons (Fsp3) is 0.0714. The van der Waals surface area contributed by atoms with E-state index in [9.17, 15) is 0 Å². The lowest BCUT2D eigenvalue weighted by molar-refractivity contribution is 1.02. The molecule has 0 radical (unpaired) electrons. The van der Waals surface area contributed by atoms with E-state index in [1.165, 1.54) is 16.7 Å². The molecule has 80 valence electrons. The molecule has 0 bridgehead atoms. The maximum atomic E-state index is 4.60. The van der Waals surface area contributed by atoms with Gasteiger partial charge in [-0.2, -0.15) is 0 Å². The number of rotatable bonds is 0. The van der Waals surface area contributed by atoms with E-state index in [1.54, 1.807) is 0 Å². The maximum absolute atomic E-state index is 4.60. The number of para-hydroxylation sites is 1. The molecule has 3 heterocycles. The largest absolute Gasteiger partial charge is 0.246 e. The Balaban J connectivity index is 2.16. The molecule has 0 aliphatic carbocycles. The van der Waals surface area contributed by atoms with Crippen LogP contribution in [0.15, 0.2) is 52.7 Å². The zero-order valence-electron chi connectivity index (χ0n) is 9.09. The van der Waals surface area contributed by atoms with Crippen LogP contribution in [0.25, 0.3) is 11.1 Å². The quantitative estimate of drug-likeness (QED) is 0.567. The average Bonchev–Trinajstić information content (AvgIpc) is 2.77. The number of benzene rings is 1. The third-order valence-electron chi connectivity index (χ3n) is 3.18. The molecule has 2 aliphatic heterocycles. The van der Waals surface area contributed by atoms with E-state index in [4.69, 9.17) is 0 Å². The summed E-state index contributed by atoms with van der Waals surface area (Å²) in [6, 6.07) is 8.21. The van der Waals surface area contributed by atoms with Crippen molar-refractivity contribution in [2.24, 2.45) is 9.98 Å². The van der Waals surface area contributed by atoms with Gasteiger partial charge in [0.05, 0.1) is 17.2 Å². The summed E-state index contributed by atoms with van der Waals surface area (Å²) in [5, 5.41) is 0.968. The third-order valence-corrected chi connectivity index (χ3v) is 3.18. The second-order valence-electron chi connectivity index (χ2n) is 4.17.